The van der Waals surface area contributed by atoms with Crippen LogP contribution in [-0.4, -0.2) is 16.6 Å². The molecule has 0 atom stereocenters. The van der Waals surface area contributed by atoms with Gasteiger partial charge in [-0.3, -0.25) is 0 Å². The maximum absolute atomic E-state index is 8.56. The van der Waals surface area contributed by atoms with Gasteiger partial charge < -0.3 is 10.1 Å². The quantitative estimate of drug-likeness (QED) is 0.867. The summed E-state index contributed by atoms with van der Waals surface area (Å²) in [6.07, 6.45) is 1.75. The maximum atomic E-state index is 8.56. The molecule has 1 aromatic carbocycles. The van der Waals surface area contributed by atoms with Crippen molar-refractivity contribution in [2.24, 2.45) is 0 Å². The van der Waals surface area contributed by atoms with Gasteiger partial charge in [0.25, 0.3) is 0 Å². The first-order valence-corrected chi connectivity index (χ1v) is 6.36. The summed E-state index contributed by atoms with van der Waals surface area (Å²) in [5.74, 6) is 1.50. The lowest BCUT2D eigenvalue weighted by atomic mass is 10.2. The smallest absolute Gasteiger partial charge is 0.174 e. The summed E-state index contributed by atoms with van der Waals surface area (Å²) in [6, 6.07) is 11.5. The van der Waals surface area contributed by atoms with Gasteiger partial charge in [0.05, 0.1) is 5.69 Å². The zero-order valence-electron chi connectivity index (χ0n) is 11.3. The van der Waals surface area contributed by atoms with E-state index in [4.69, 9.17) is 10.00 Å². The maximum Gasteiger partial charge on any atom is 0.174 e. The van der Waals surface area contributed by atoms with Crippen LogP contribution in [0, 0.1) is 18.3 Å². The predicted octanol–water partition coefficient (Wildman–Crippen LogP) is 1.98. The number of nitriles is 1. The highest BCUT2D eigenvalue weighted by Crippen LogP contribution is 2.17. The molecule has 0 spiro atoms. The summed E-state index contributed by atoms with van der Waals surface area (Å²) in [7, 11) is 0. The zero-order valence-corrected chi connectivity index (χ0v) is 11.3. The number of rotatable bonds is 6. The number of nitrogens with zero attached hydrogens (tertiary/aromatic N) is 3. The van der Waals surface area contributed by atoms with Crippen molar-refractivity contribution in [3.05, 3.63) is 53.6 Å². The van der Waals surface area contributed by atoms with Gasteiger partial charge in [0.15, 0.2) is 6.61 Å². The fourth-order valence-electron chi connectivity index (χ4n) is 1.83. The third-order valence-electron chi connectivity index (χ3n) is 2.72. The molecule has 0 aliphatic rings. The number of hydrogen-bond acceptors (Lipinski definition) is 5. The van der Waals surface area contributed by atoms with Gasteiger partial charge in [-0.2, -0.15) is 5.26 Å². The Kier molecular flexibility index (Phi) is 5.04. The second-order valence-corrected chi connectivity index (χ2v) is 4.25. The molecular formula is C15H16N4O. The Labute approximate surface area is 118 Å². The van der Waals surface area contributed by atoms with E-state index >= 15 is 0 Å². The molecule has 0 amide bonds. The van der Waals surface area contributed by atoms with Gasteiger partial charge in [0.2, 0.25) is 0 Å². The third-order valence-corrected chi connectivity index (χ3v) is 2.72. The standard InChI is InChI=1S/C15H16N4O/c1-12-18-8-6-14(19-12)11-17-10-13-4-2-3-5-15(13)20-9-7-16/h2-6,8,17H,9-11H2,1H3. The van der Waals surface area contributed by atoms with Crippen LogP contribution >= 0.6 is 0 Å². The van der Waals surface area contributed by atoms with Crippen LogP contribution in [0.5, 0.6) is 5.75 Å². The van der Waals surface area contributed by atoms with Crippen LogP contribution in [0.3, 0.4) is 0 Å². The number of aryl methyl sites for hydroxylation is 1. The molecule has 0 aliphatic heterocycles. The highest BCUT2D eigenvalue weighted by molar-refractivity contribution is 5.33. The van der Waals surface area contributed by atoms with Gasteiger partial charge in [-0.05, 0) is 19.1 Å². The predicted molar refractivity (Wildman–Crippen MR) is 74.9 cm³/mol. The van der Waals surface area contributed by atoms with E-state index in [1.807, 2.05) is 43.3 Å². The highest BCUT2D eigenvalue weighted by atomic mass is 16.5. The molecule has 0 fully saturated rings. The Bertz CT molecular complexity index is 607. The molecule has 0 saturated carbocycles. The summed E-state index contributed by atoms with van der Waals surface area (Å²) in [5, 5.41) is 11.9. The normalized spacial score (nSPS) is 10.0. The molecule has 1 aromatic heterocycles. The van der Waals surface area contributed by atoms with E-state index in [9.17, 15) is 0 Å². The molecule has 0 saturated heterocycles. The second-order valence-electron chi connectivity index (χ2n) is 4.25. The van der Waals surface area contributed by atoms with Crippen LogP contribution in [0.25, 0.3) is 0 Å². The zero-order chi connectivity index (χ0) is 14.2. The highest BCUT2D eigenvalue weighted by Gasteiger charge is 2.03. The summed E-state index contributed by atoms with van der Waals surface area (Å²) >= 11 is 0. The van der Waals surface area contributed by atoms with Crippen molar-refractivity contribution in [2.75, 3.05) is 6.61 Å². The number of hydrogen-bond donors (Lipinski definition) is 1. The van der Waals surface area contributed by atoms with E-state index in [0.717, 1.165) is 22.8 Å². The lowest BCUT2D eigenvalue weighted by Crippen LogP contribution is -2.15. The third kappa shape index (κ3) is 4.04. The first kappa shape index (κ1) is 14.0. The molecule has 102 valence electrons. The van der Waals surface area contributed by atoms with Gasteiger partial charge in [0, 0.05) is 24.8 Å². The van der Waals surface area contributed by atoms with E-state index in [1.54, 1.807) is 6.20 Å². The second kappa shape index (κ2) is 7.22. The van der Waals surface area contributed by atoms with Gasteiger partial charge in [-0.15, -0.1) is 0 Å². The number of aromatic nitrogens is 2. The molecule has 5 nitrogen and oxygen atoms in total. The summed E-state index contributed by atoms with van der Waals surface area (Å²) in [4.78, 5) is 8.39. The van der Waals surface area contributed by atoms with Crippen LogP contribution in [0.15, 0.2) is 36.5 Å². The lowest BCUT2D eigenvalue weighted by molar-refractivity contribution is 0.362. The molecule has 2 rings (SSSR count). The average Bonchev–Trinajstić information content (AvgIpc) is 2.46. The van der Waals surface area contributed by atoms with Crippen LogP contribution in [0.4, 0.5) is 0 Å². The minimum atomic E-state index is 0.0577. The molecule has 1 heterocycles. The van der Waals surface area contributed by atoms with E-state index in [0.29, 0.717) is 13.1 Å². The van der Waals surface area contributed by atoms with Crippen LogP contribution in [-0.2, 0) is 13.1 Å². The Balaban J connectivity index is 1.92. The van der Waals surface area contributed by atoms with Gasteiger partial charge >= 0.3 is 0 Å². The SMILES string of the molecule is Cc1nccc(CNCc2ccccc2OCC#N)n1. The molecule has 20 heavy (non-hydrogen) atoms. The minimum Gasteiger partial charge on any atom is -0.478 e. The van der Waals surface area contributed by atoms with E-state index in [2.05, 4.69) is 15.3 Å². The van der Waals surface area contributed by atoms with Crippen molar-refractivity contribution in [1.29, 1.82) is 5.26 Å². The fraction of sp³-hybridized carbons (Fsp3) is 0.267. The van der Waals surface area contributed by atoms with Crippen LogP contribution in [0.2, 0.25) is 0 Å². The van der Waals surface area contributed by atoms with E-state index in [-0.39, 0.29) is 6.61 Å². The molecule has 0 aliphatic carbocycles. The first-order chi connectivity index (χ1) is 9.79. The molecule has 1 N–H and O–H groups in total. The molecule has 0 unspecified atom stereocenters. The van der Waals surface area contributed by atoms with Gasteiger partial charge in [0.1, 0.15) is 17.6 Å². The van der Waals surface area contributed by atoms with Crippen molar-refractivity contribution < 1.29 is 4.74 Å². The lowest BCUT2D eigenvalue weighted by Gasteiger charge is -2.10. The Morgan fingerprint density at radius 3 is 2.90 bits per heavy atom. The van der Waals surface area contributed by atoms with E-state index < -0.39 is 0 Å². The number of nitrogens with one attached hydrogen (secondary N) is 1. The first-order valence-electron chi connectivity index (χ1n) is 6.36. The van der Waals surface area contributed by atoms with Crippen LogP contribution in [0.1, 0.15) is 17.1 Å². The van der Waals surface area contributed by atoms with Crippen molar-refractivity contribution >= 4 is 0 Å². The molecule has 5 heteroatoms. The minimum absolute atomic E-state index is 0.0577. The molecular weight excluding hydrogens is 252 g/mol. The van der Waals surface area contributed by atoms with E-state index in [1.165, 1.54) is 0 Å². The Hall–Kier alpha value is -2.45. The van der Waals surface area contributed by atoms with Crippen molar-refractivity contribution in [3.63, 3.8) is 0 Å². The molecule has 0 radical (unpaired) electrons. The fourth-order valence-corrected chi connectivity index (χ4v) is 1.83. The summed E-state index contributed by atoms with van der Waals surface area (Å²) < 4.78 is 5.38. The van der Waals surface area contributed by atoms with Gasteiger partial charge in [-0.25, -0.2) is 9.97 Å². The number of benzene rings is 1. The van der Waals surface area contributed by atoms with Crippen molar-refractivity contribution in [3.8, 4) is 11.8 Å². The van der Waals surface area contributed by atoms with Gasteiger partial charge in [-0.1, -0.05) is 18.2 Å². The summed E-state index contributed by atoms with van der Waals surface area (Å²) in [5.41, 5.74) is 1.97. The van der Waals surface area contributed by atoms with Crippen LogP contribution < -0.4 is 10.1 Å². The molecule has 2 aromatic rings. The average molecular weight is 268 g/mol. The number of ether oxygens (including phenoxy) is 1. The van der Waals surface area contributed by atoms with Crippen molar-refractivity contribution in [1.82, 2.24) is 15.3 Å². The topological polar surface area (TPSA) is 70.8 Å². The molecule has 0 bridgehead atoms. The number of para-hydroxylation sites is 1. The largest absolute Gasteiger partial charge is 0.478 e. The Morgan fingerprint density at radius 1 is 1.25 bits per heavy atom. The Morgan fingerprint density at radius 2 is 2.10 bits per heavy atom. The monoisotopic (exact) mass is 268 g/mol. The summed E-state index contributed by atoms with van der Waals surface area (Å²) in [6.45, 7) is 3.25. The van der Waals surface area contributed by atoms with Crippen molar-refractivity contribution in [2.45, 2.75) is 20.0 Å².